The second kappa shape index (κ2) is 7.34. The first-order valence-corrected chi connectivity index (χ1v) is 8.55. The van der Waals surface area contributed by atoms with E-state index in [9.17, 15) is 9.59 Å². The second-order valence-corrected chi connectivity index (χ2v) is 6.95. The molecule has 2 atom stereocenters. The number of carbonyl (C=O) groups excluding carboxylic acids is 2. The van der Waals surface area contributed by atoms with Gasteiger partial charge in [0.05, 0.1) is 0 Å². The maximum atomic E-state index is 12.8. The summed E-state index contributed by atoms with van der Waals surface area (Å²) in [5.41, 5.74) is 0.728. The minimum Gasteiger partial charge on any atom is -0.383 e. The van der Waals surface area contributed by atoms with E-state index in [1.807, 2.05) is 49.1 Å². The van der Waals surface area contributed by atoms with E-state index in [-0.39, 0.29) is 24.1 Å². The summed E-state index contributed by atoms with van der Waals surface area (Å²) in [7, 11) is 7.66. The Morgan fingerprint density at radius 3 is 2.39 bits per heavy atom. The average Bonchev–Trinajstić information content (AvgIpc) is 2.92. The van der Waals surface area contributed by atoms with E-state index >= 15 is 0 Å². The van der Waals surface area contributed by atoms with Crippen molar-refractivity contribution in [1.29, 1.82) is 0 Å². The van der Waals surface area contributed by atoms with Crippen LogP contribution in [0.4, 0.5) is 0 Å². The molecule has 0 bridgehead atoms. The molecule has 0 N–H and O–H groups in total. The summed E-state index contributed by atoms with van der Waals surface area (Å²) in [4.78, 5) is 33.0. The molecule has 0 aromatic rings. The molecule has 0 radical (unpaired) electrons. The van der Waals surface area contributed by atoms with Crippen molar-refractivity contribution < 1.29 is 9.59 Å². The van der Waals surface area contributed by atoms with Crippen LogP contribution in [0.5, 0.6) is 0 Å². The Labute approximate surface area is 139 Å². The van der Waals surface area contributed by atoms with Crippen LogP contribution in [0.15, 0.2) is 11.8 Å². The fourth-order valence-electron chi connectivity index (χ4n) is 3.51. The maximum absolute atomic E-state index is 12.8. The summed E-state index contributed by atoms with van der Waals surface area (Å²) < 4.78 is 0. The lowest BCUT2D eigenvalue weighted by molar-refractivity contribution is -0.134. The van der Waals surface area contributed by atoms with Gasteiger partial charge in [0.2, 0.25) is 5.91 Å². The van der Waals surface area contributed by atoms with E-state index in [0.29, 0.717) is 6.42 Å². The molecule has 6 heteroatoms. The van der Waals surface area contributed by atoms with Crippen molar-refractivity contribution in [3.05, 3.63) is 11.8 Å². The minimum atomic E-state index is -0.327. The highest BCUT2D eigenvalue weighted by atomic mass is 16.2. The van der Waals surface area contributed by atoms with Gasteiger partial charge in [-0.25, -0.2) is 0 Å². The molecule has 6 nitrogen and oxygen atoms in total. The van der Waals surface area contributed by atoms with Crippen LogP contribution >= 0.6 is 0 Å². The second-order valence-electron chi connectivity index (χ2n) is 6.95. The van der Waals surface area contributed by atoms with Crippen LogP contribution in [-0.4, -0.2) is 78.5 Å². The van der Waals surface area contributed by atoms with Gasteiger partial charge in [0.25, 0.3) is 5.91 Å². The molecule has 1 unspecified atom stereocenters. The standard InChI is InChI=1S/C17H30N4O2/c1-6-7-8-9-10-20-16(23)14-11-13(12-18(2)3)15(22)21(14)17(20)19(4)5/h12,14,17H,6-11H2,1-5H3/b13-12+/t14-,17?/m0/s1. The number of fused-ring (bicyclic) bond motifs is 1. The molecule has 23 heavy (non-hydrogen) atoms. The van der Waals surface area contributed by atoms with Crippen LogP contribution in [0.2, 0.25) is 0 Å². The molecule has 0 aromatic carbocycles. The zero-order valence-electron chi connectivity index (χ0n) is 15.1. The molecular weight excluding hydrogens is 292 g/mol. The normalized spacial score (nSPS) is 25.9. The molecule has 130 valence electrons. The van der Waals surface area contributed by atoms with Crippen LogP contribution in [-0.2, 0) is 9.59 Å². The zero-order valence-corrected chi connectivity index (χ0v) is 15.1. The van der Waals surface area contributed by atoms with Gasteiger partial charge in [0, 0.05) is 38.8 Å². The van der Waals surface area contributed by atoms with Gasteiger partial charge in [-0.3, -0.25) is 19.4 Å². The molecule has 0 saturated carbocycles. The highest BCUT2D eigenvalue weighted by Gasteiger charge is 2.54. The summed E-state index contributed by atoms with van der Waals surface area (Å²) in [6.07, 6.45) is 6.60. The largest absolute Gasteiger partial charge is 0.383 e. The van der Waals surface area contributed by atoms with Gasteiger partial charge in [0.15, 0.2) is 6.29 Å². The Morgan fingerprint density at radius 2 is 1.83 bits per heavy atom. The number of carbonyl (C=O) groups is 2. The van der Waals surface area contributed by atoms with E-state index in [2.05, 4.69) is 6.92 Å². The van der Waals surface area contributed by atoms with Crippen molar-refractivity contribution in [3.63, 3.8) is 0 Å². The molecule has 2 fully saturated rings. The van der Waals surface area contributed by atoms with Crippen LogP contribution in [0.25, 0.3) is 0 Å². The van der Waals surface area contributed by atoms with Gasteiger partial charge < -0.3 is 9.80 Å². The zero-order chi connectivity index (χ0) is 17.1. The molecule has 2 aliphatic rings. The van der Waals surface area contributed by atoms with Crippen molar-refractivity contribution in [2.75, 3.05) is 34.7 Å². The van der Waals surface area contributed by atoms with E-state index in [4.69, 9.17) is 0 Å². The highest BCUT2D eigenvalue weighted by molar-refractivity contribution is 6.03. The quantitative estimate of drug-likeness (QED) is 0.524. The Bertz CT molecular complexity index is 487. The maximum Gasteiger partial charge on any atom is 0.254 e. The van der Waals surface area contributed by atoms with Crippen molar-refractivity contribution >= 4 is 11.8 Å². The Balaban J connectivity index is 2.15. The van der Waals surface area contributed by atoms with Gasteiger partial charge in [-0.05, 0) is 20.5 Å². The fourth-order valence-corrected chi connectivity index (χ4v) is 3.51. The molecular formula is C17H30N4O2. The van der Waals surface area contributed by atoms with Crippen LogP contribution < -0.4 is 0 Å². The SMILES string of the molecule is CCCCCCN1C(=O)[C@@H]2C/C(=C\N(C)C)C(=O)N2C1N(C)C. The topological polar surface area (TPSA) is 47.1 Å². The van der Waals surface area contributed by atoms with Crippen LogP contribution in [0.3, 0.4) is 0 Å². The third kappa shape index (κ3) is 3.52. The third-order valence-corrected chi connectivity index (χ3v) is 4.48. The molecule has 2 aliphatic heterocycles. The van der Waals surface area contributed by atoms with Crippen molar-refractivity contribution in [2.45, 2.75) is 51.4 Å². The first-order valence-electron chi connectivity index (χ1n) is 8.55. The first kappa shape index (κ1) is 17.8. The monoisotopic (exact) mass is 322 g/mol. The summed E-state index contributed by atoms with van der Waals surface area (Å²) in [5, 5.41) is 0. The number of amides is 2. The van der Waals surface area contributed by atoms with E-state index < -0.39 is 0 Å². The van der Waals surface area contributed by atoms with E-state index in [1.165, 1.54) is 12.8 Å². The number of nitrogens with zero attached hydrogens (tertiary/aromatic N) is 4. The fraction of sp³-hybridized carbons (Fsp3) is 0.765. The molecule has 0 aromatic heterocycles. The average molecular weight is 322 g/mol. The summed E-state index contributed by atoms with van der Waals surface area (Å²) in [6, 6.07) is -0.327. The van der Waals surface area contributed by atoms with Gasteiger partial charge >= 0.3 is 0 Å². The Kier molecular flexibility index (Phi) is 5.68. The molecule has 0 spiro atoms. The third-order valence-electron chi connectivity index (χ3n) is 4.48. The van der Waals surface area contributed by atoms with Crippen molar-refractivity contribution in [2.24, 2.45) is 0 Å². The summed E-state index contributed by atoms with van der Waals surface area (Å²) >= 11 is 0. The van der Waals surface area contributed by atoms with Gasteiger partial charge in [-0.1, -0.05) is 26.2 Å². The molecule has 2 heterocycles. The first-order chi connectivity index (χ1) is 10.9. The molecule has 2 rings (SSSR count). The van der Waals surface area contributed by atoms with Crippen LogP contribution in [0, 0.1) is 0 Å². The van der Waals surface area contributed by atoms with Gasteiger partial charge in [0.1, 0.15) is 6.04 Å². The van der Waals surface area contributed by atoms with E-state index in [0.717, 1.165) is 25.0 Å². The van der Waals surface area contributed by atoms with E-state index in [1.54, 1.807) is 4.90 Å². The lowest BCUT2D eigenvalue weighted by atomic mass is 10.1. The van der Waals surface area contributed by atoms with Crippen molar-refractivity contribution in [1.82, 2.24) is 19.6 Å². The molecule has 0 aliphatic carbocycles. The smallest absolute Gasteiger partial charge is 0.254 e. The summed E-state index contributed by atoms with van der Waals surface area (Å²) in [5.74, 6) is 0.0857. The predicted molar refractivity (Wildman–Crippen MR) is 90.4 cm³/mol. The predicted octanol–water partition coefficient (Wildman–Crippen LogP) is 1.30. The Morgan fingerprint density at radius 1 is 1.13 bits per heavy atom. The lowest BCUT2D eigenvalue weighted by Gasteiger charge is -2.34. The number of rotatable bonds is 7. The van der Waals surface area contributed by atoms with Gasteiger partial charge in [-0.15, -0.1) is 0 Å². The highest BCUT2D eigenvalue weighted by Crippen LogP contribution is 2.35. The lowest BCUT2D eigenvalue weighted by Crippen LogP contribution is -2.51. The molecule has 2 saturated heterocycles. The number of hydrogen-bond acceptors (Lipinski definition) is 4. The van der Waals surface area contributed by atoms with Crippen molar-refractivity contribution in [3.8, 4) is 0 Å². The number of hydrogen-bond donors (Lipinski definition) is 0. The van der Waals surface area contributed by atoms with Crippen LogP contribution in [0.1, 0.15) is 39.0 Å². The Hall–Kier alpha value is -1.56. The number of unbranched alkanes of at least 4 members (excludes halogenated alkanes) is 3. The molecule has 2 amide bonds. The minimum absolute atomic E-state index is 0.00759. The van der Waals surface area contributed by atoms with Gasteiger partial charge in [-0.2, -0.15) is 0 Å². The summed E-state index contributed by atoms with van der Waals surface area (Å²) in [6.45, 7) is 2.91.